The highest BCUT2D eigenvalue weighted by atomic mass is 35.5. The smallest absolute Gasteiger partial charge is 0.317 e. The van der Waals surface area contributed by atoms with Crippen LogP contribution in [0.25, 0.3) is 0 Å². The summed E-state index contributed by atoms with van der Waals surface area (Å²) in [5.74, 6) is 0.562. The minimum absolute atomic E-state index is 0.0362. The SMILES string of the molecule is CN(Cc1ccccc1Cl)C(=O)NCC1CCN(Cc2cccs2)CC1. The topological polar surface area (TPSA) is 35.6 Å². The van der Waals surface area contributed by atoms with Crippen molar-refractivity contribution in [2.45, 2.75) is 25.9 Å². The number of hydrogen-bond acceptors (Lipinski definition) is 3. The number of piperidine rings is 1. The van der Waals surface area contributed by atoms with Gasteiger partial charge in [-0.15, -0.1) is 11.3 Å². The van der Waals surface area contributed by atoms with Gasteiger partial charge in [-0.05, 0) is 54.9 Å². The molecule has 1 aliphatic heterocycles. The predicted molar refractivity (Wildman–Crippen MR) is 109 cm³/mol. The summed E-state index contributed by atoms with van der Waals surface area (Å²) in [6.07, 6.45) is 2.28. The third kappa shape index (κ3) is 5.47. The molecule has 4 nitrogen and oxygen atoms in total. The fourth-order valence-corrected chi connectivity index (χ4v) is 4.23. The molecule has 0 aliphatic carbocycles. The van der Waals surface area contributed by atoms with Gasteiger partial charge >= 0.3 is 6.03 Å². The molecular formula is C20H26ClN3OS. The summed E-state index contributed by atoms with van der Waals surface area (Å²) in [5.41, 5.74) is 0.966. The fraction of sp³-hybridized carbons (Fsp3) is 0.450. The monoisotopic (exact) mass is 391 g/mol. The first-order valence-electron chi connectivity index (χ1n) is 9.09. The molecule has 0 spiro atoms. The van der Waals surface area contributed by atoms with Gasteiger partial charge in [0.25, 0.3) is 0 Å². The average Bonchev–Trinajstić information content (AvgIpc) is 3.16. The highest BCUT2D eigenvalue weighted by Crippen LogP contribution is 2.20. The van der Waals surface area contributed by atoms with Gasteiger partial charge in [-0.3, -0.25) is 4.90 Å². The van der Waals surface area contributed by atoms with Gasteiger partial charge in [0.1, 0.15) is 0 Å². The van der Waals surface area contributed by atoms with Crippen LogP contribution in [0, 0.1) is 5.92 Å². The Morgan fingerprint density at radius 3 is 2.73 bits per heavy atom. The Morgan fingerprint density at radius 1 is 1.27 bits per heavy atom. The second-order valence-electron chi connectivity index (χ2n) is 6.93. The molecule has 3 rings (SSSR count). The highest BCUT2D eigenvalue weighted by molar-refractivity contribution is 7.09. The van der Waals surface area contributed by atoms with Crippen LogP contribution in [0.15, 0.2) is 41.8 Å². The summed E-state index contributed by atoms with van der Waals surface area (Å²) in [4.78, 5) is 18.0. The van der Waals surface area contributed by atoms with Crippen LogP contribution in [0.5, 0.6) is 0 Å². The Kier molecular flexibility index (Phi) is 6.94. The van der Waals surface area contributed by atoms with E-state index in [4.69, 9.17) is 11.6 Å². The number of amides is 2. The molecule has 0 radical (unpaired) electrons. The van der Waals surface area contributed by atoms with E-state index in [2.05, 4.69) is 27.7 Å². The molecule has 0 saturated carbocycles. The molecule has 2 heterocycles. The lowest BCUT2D eigenvalue weighted by Crippen LogP contribution is -2.42. The molecule has 2 aromatic rings. The van der Waals surface area contributed by atoms with E-state index in [1.165, 1.54) is 4.88 Å². The molecule has 1 aromatic carbocycles. The number of benzene rings is 1. The normalized spacial score (nSPS) is 15.8. The zero-order chi connectivity index (χ0) is 18.4. The van der Waals surface area contributed by atoms with Crippen molar-refractivity contribution in [3.8, 4) is 0 Å². The maximum Gasteiger partial charge on any atom is 0.317 e. The Hall–Kier alpha value is -1.56. The zero-order valence-corrected chi connectivity index (χ0v) is 16.7. The van der Waals surface area contributed by atoms with Gasteiger partial charge in [-0.2, -0.15) is 0 Å². The first-order chi connectivity index (χ1) is 12.6. The highest BCUT2D eigenvalue weighted by Gasteiger charge is 2.20. The number of thiophene rings is 1. The number of nitrogens with zero attached hydrogens (tertiary/aromatic N) is 2. The van der Waals surface area contributed by atoms with Gasteiger partial charge in [0.2, 0.25) is 0 Å². The number of likely N-dealkylation sites (tertiary alicyclic amines) is 1. The molecule has 0 bridgehead atoms. The standard InChI is InChI=1S/C20H26ClN3OS/c1-23(14-17-5-2-3-7-19(17)21)20(25)22-13-16-8-10-24(11-9-16)15-18-6-4-12-26-18/h2-7,12,16H,8-11,13-15H2,1H3,(H,22,25). The van der Waals surface area contributed by atoms with Crippen molar-refractivity contribution in [1.82, 2.24) is 15.1 Å². The van der Waals surface area contributed by atoms with Crippen molar-refractivity contribution in [3.05, 3.63) is 57.2 Å². The van der Waals surface area contributed by atoms with E-state index in [9.17, 15) is 4.79 Å². The van der Waals surface area contributed by atoms with Gasteiger partial charge in [0.15, 0.2) is 0 Å². The van der Waals surface area contributed by atoms with E-state index in [1.807, 2.05) is 42.6 Å². The predicted octanol–water partition coefficient (Wildman–Crippen LogP) is 4.46. The number of halogens is 1. The van der Waals surface area contributed by atoms with Gasteiger partial charge < -0.3 is 10.2 Å². The quantitative estimate of drug-likeness (QED) is 0.789. The van der Waals surface area contributed by atoms with E-state index >= 15 is 0 Å². The largest absolute Gasteiger partial charge is 0.338 e. The van der Waals surface area contributed by atoms with Gasteiger partial charge in [0, 0.05) is 36.6 Å². The molecule has 1 saturated heterocycles. The Balaban J connectivity index is 1.37. The number of hydrogen-bond donors (Lipinski definition) is 1. The van der Waals surface area contributed by atoms with Crippen LogP contribution in [0.2, 0.25) is 5.02 Å². The lowest BCUT2D eigenvalue weighted by atomic mass is 9.97. The fourth-order valence-electron chi connectivity index (χ4n) is 3.29. The summed E-state index contributed by atoms with van der Waals surface area (Å²) < 4.78 is 0. The van der Waals surface area contributed by atoms with Crippen LogP contribution in [-0.4, -0.2) is 42.5 Å². The van der Waals surface area contributed by atoms with Crippen LogP contribution in [-0.2, 0) is 13.1 Å². The lowest BCUT2D eigenvalue weighted by molar-refractivity contribution is 0.171. The number of nitrogens with one attached hydrogen (secondary N) is 1. The van der Waals surface area contributed by atoms with Gasteiger partial charge in [-0.1, -0.05) is 35.9 Å². The summed E-state index contributed by atoms with van der Waals surface area (Å²) in [6, 6.07) is 11.9. The second kappa shape index (κ2) is 9.40. The van der Waals surface area contributed by atoms with Crippen molar-refractivity contribution in [3.63, 3.8) is 0 Å². The van der Waals surface area contributed by atoms with Crippen LogP contribution < -0.4 is 5.32 Å². The first-order valence-corrected chi connectivity index (χ1v) is 10.3. The minimum atomic E-state index is -0.0362. The van der Waals surface area contributed by atoms with E-state index < -0.39 is 0 Å². The second-order valence-corrected chi connectivity index (χ2v) is 8.37. The average molecular weight is 392 g/mol. The summed E-state index contributed by atoms with van der Waals surface area (Å²) >= 11 is 8.00. The summed E-state index contributed by atoms with van der Waals surface area (Å²) in [7, 11) is 1.81. The molecule has 140 valence electrons. The van der Waals surface area contributed by atoms with Crippen LogP contribution in [0.1, 0.15) is 23.3 Å². The molecule has 1 fully saturated rings. The van der Waals surface area contributed by atoms with E-state index in [0.29, 0.717) is 17.5 Å². The Morgan fingerprint density at radius 2 is 2.04 bits per heavy atom. The van der Waals surface area contributed by atoms with Gasteiger partial charge in [0.05, 0.1) is 0 Å². The number of urea groups is 1. The molecule has 0 atom stereocenters. The number of rotatable bonds is 6. The Labute approximate surface area is 164 Å². The van der Waals surface area contributed by atoms with Gasteiger partial charge in [-0.25, -0.2) is 4.79 Å². The molecule has 6 heteroatoms. The third-order valence-electron chi connectivity index (χ3n) is 4.92. The van der Waals surface area contributed by atoms with Crippen molar-refractivity contribution in [2.24, 2.45) is 5.92 Å². The lowest BCUT2D eigenvalue weighted by Gasteiger charge is -2.32. The van der Waals surface area contributed by atoms with Crippen LogP contribution in [0.3, 0.4) is 0 Å². The number of carbonyl (C=O) groups excluding carboxylic acids is 1. The van der Waals surface area contributed by atoms with Crippen LogP contribution >= 0.6 is 22.9 Å². The molecule has 1 aliphatic rings. The molecule has 1 N–H and O–H groups in total. The molecule has 2 amide bonds. The third-order valence-corrected chi connectivity index (χ3v) is 6.15. The van der Waals surface area contributed by atoms with E-state index in [1.54, 1.807) is 4.90 Å². The minimum Gasteiger partial charge on any atom is -0.338 e. The van der Waals surface area contributed by atoms with Crippen LogP contribution in [0.4, 0.5) is 4.79 Å². The van der Waals surface area contributed by atoms with Crippen molar-refractivity contribution >= 4 is 29.0 Å². The van der Waals surface area contributed by atoms with Crippen molar-refractivity contribution in [2.75, 3.05) is 26.7 Å². The van der Waals surface area contributed by atoms with Crippen molar-refractivity contribution < 1.29 is 4.79 Å². The molecule has 1 aromatic heterocycles. The number of carbonyl (C=O) groups is 1. The summed E-state index contributed by atoms with van der Waals surface area (Å²) in [5, 5.41) is 5.91. The van der Waals surface area contributed by atoms with E-state index in [-0.39, 0.29) is 6.03 Å². The molecule has 0 unspecified atom stereocenters. The summed E-state index contributed by atoms with van der Waals surface area (Å²) in [6.45, 7) is 4.53. The molecular weight excluding hydrogens is 366 g/mol. The zero-order valence-electron chi connectivity index (χ0n) is 15.2. The van der Waals surface area contributed by atoms with E-state index in [0.717, 1.165) is 44.6 Å². The molecule has 26 heavy (non-hydrogen) atoms. The van der Waals surface area contributed by atoms with Crippen molar-refractivity contribution in [1.29, 1.82) is 0 Å². The Bertz CT molecular complexity index is 699. The first kappa shape index (κ1) is 19.2. The maximum atomic E-state index is 12.3. The maximum absolute atomic E-state index is 12.3.